The van der Waals surface area contributed by atoms with Crippen LogP contribution in [0.15, 0.2) is 48.5 Å². The molecular weight excluding hydrogens is 343 g/mol. The van der Waals surface area contributed by atoms with E-state index in [-0.39, 0.29) is 30.4 Å². The predicted molar refractivity (Wildman–Crippen MR) is 104 cm³/mol. The Kier molecular flexibility index (Phi) is 6.11. The van der Waals surface area contributed by atoms with Crippen LogP contribution >= 0.6 is 0 Å². The van der Waals surface area contributed by atoms with E-state index in [2.05, 4.69) is 18.7 Å². The number of nitrogens with zero attached hydrogens (tertiary/aromatic N) is 2. The molecule has 27 heavy (non-hydrogen) atoms. The third-order valence-electron chi connectivity index (χ3n) is 5.12. The second-order valence-electron chi connectivity index (χ2n) is 7.40. The fourth-order valence-electron chi connectivity index (χ4n) is 3.45. The highest BCUT2D eigenvalue weighted by atomic mass is 19.1. The molecule has 0 N–H and O–H groups in total. The molecule has 0 aliphatic carbocycles. The zero-order chi connectivity index (χ0) is 19.4. The molecule has 0 saturated carbocycles. The SMILES string of the molecule is Cc1ccc(OCC(=O)N2C[C@H](C)N(Cc3ccc(F)cc3)C[C@H]2C)cc1. The molecule has 1 aliphatic rings. The number of carbonyl (C=O) groups is 1. The number of ether oxygens (including phenoxy) is 1. The van der Waals surface area contributed by atoms with Crippen molar-refractivity contribution in [2.24, 2.45) is 0 Å². The third-order valence-corrected chi connectivity index (χ3v) is 5.12. The lowest BCUT2D eigenvalue weighted by Crippen LogP contribution is -2.58. The van der Waals surface area contributed by atoms with Gasteiger partial charge in [-0.1, -0.05) is 29.8 Å². The number of amides is 1. The van der Waals surface area contributed by atoms with Crippen molar-refractivity contribution in [3.8, 4) is 5.75 Å². The molecule has 0 unspecified atom stereocenters. The Morgan fingerprint density at radius 2 is 1.70 bits per heavy atom. The molecule has 2 atom stereocenters. The van der Waals surface area contributed by atoms with Crippen molar-refractivity contribution in [3.63, 3.8) is 0 Å². The largest absolute Gasteiger partial charge is 0.484 e. The molecule has 5 heteroatoms. The molecule has 1 amide bonds. The van der Waals surface area contributed by atoms with Crippen LogP contribution in [0.4, 0.5) is 4.39 Å². The highest BCUT2D eigenvalue weighted by Gasteiger charge is 2.32. The molecule has 2 aromatic rings. The van der Waals surface area contributed by atoms with Gasteiger partial charge in [-0.2, -0.15) is 0 Å². The van der Waals surface area contributed by atoms with Crippen molar-refractivity contribution in [1.29, 1.82) is 0 Å². The number of hydrogen-bond acceptors (Lipinski definition) is 3. The highest BCUT2D eigenvalue weighted by Crippen LogP contribution is 2.19. The number of halogens is 1. The van der Waals surface area contributed by atoms with Gasteiger partial charge in [0.05, 0.1) is 0 Å². The molecule has 1 fully saturated rings. The zero-order valence-corrected chi connectivity index (χ0v) is 16.2. The van der Waals surface area contributed by atoms with E-state index >= 15 is 0 Å². The van der Waals surface area contributed by atoms with Gasteiger partial charge in [0.1, 0.15) is 11.6 Å². The second kappa shape index (κ2) is 8.53. The van der Waals surface area contributed by atoms with Crippen molar-refractivity contribution in [3.05, 3.63) is 65.5 Å². The fraction of sp³-hybridized carbons (Fsp3) is 0.409. The van der Waals surface area contributed by atoms with Gasteiger partial charge in [0.2, 0.25) is 0 Å². The summed E-state index contributed by atoms with van der Waals surface area (Å²) >= 11 is 0. The van der Waals surface area contributed by atoms with Crippen LogP contribution in [0.25, 0.3) is 0 Å². The third kappa shape index (κ3) is 5.07. The van der Waals surface area contributed by atoms with Gasteiger partial charge in [-0.25, -0.2) is 4.39 Å². The molecule has 0 spiro atoms. The van der Waals surface area contributed by atoms with E-state index in [0.29, 0.717) is 12.3 Å². The Hall–Kier alpha value is -2.40. The van der Waals surface area contributed by atoms with Gasteiger partial charge in [0.15, 0.2) is 6.61 Å². The fourth-order valence-corrected chi connectivity index (χ4v) is 3.45. The first-order chi connectivity index (χ1) is 12.9. The lowest BCUT2D eigenvalue weighted by atomic mass is 10.1. The predicted octanol–water partition coefficient (Wildman–Crippen LogP) is 3.63. The lowest BCUT2D eigenvalue weighted by molar-refractivity contribution is -0.139. The summed E-state index contributed by atoms with van der Waals surface area (Å²) in [6, 6.07) is 14.7. The highest BCUT2D eigenvalue weighted by molar-refractivity contribution is 5.78. The van der Waals surface area contributed by atoms with Gasteiger partial charge in [-0.15, -0.1) is 0 Å². The number of hydrogen-bond donors (Lipinski definition) is 0. The maximum absolute atomic E-state index is 13.1. The quantitative estimate of drug-likeness (QED) is 0.806. The Morgan fingerprint density at radius 3 is 2.37 bits per heavy atom. The molecule has 3 rings (SSSR count). The van der Waals surface area contributed by atoms with Crippen LogP contribution in [0.1, 0.15) is 25.0 Å². The summed E-state index contributed by atoms with van der Waals surface area (Å²) in [4.78, 5) is 16.9. The minimum atomic E-state index is -0.218. The van der Waals surface area contributed by atoms with Crippen LogP contribution in [-0.2, 0) is 11.3 Å². The molecular formula is C22H27FN2O2. The average Bonchev–Trinajstić information content (AvgIpc) is 2.65. The van der Waals surface area contributed by atoms with Crippen LogP contribution in [-0.4, -0.2) is 47.5 Å². The van der Waals surface area contributed by atoms with Gasteiger partial charge in [-0.05, 0) is 50.6 Å². The molecule has 4 nitrogen and oxygen atoms in total. The summed E-state index contributed by atoms with van der Waals surface area (Å²) in [6.07, 6.45) is 0. The maximum Gasteiger partial charge on any atom is 0.260 e. The van der Waals surface area contributed by atoms with Crippen molar-refractivity contribution < 1.29 is 13.9 Å². The number of carbonyl (C=O) groups excluding carboxylic acids is 1. The average molecular weight is 370 g/mol. The molecule has 0 radical (unpaired) electrons. The van der Waals surface area contributed by atoms with Crippen LogP contribution in [0.2, 0.25) is 0 Å². The Morgan fingerprint density at radius 1 is 1.04 bits per heavy atom. The molecule has 0 bridgehead atoms. The van der Waals surface area contributed by atoms with E-state index < -0.39 is 0 Å². The topological polar surface area (TPSA) is 32.8 Å². The second-order valence-corrected chi connectivity index (χ2v) is 7.40. The van der Waals surface area contributed by atoms with E-state index in [9.17, 15) is 9.18 Å². The first-order valence-corrected chi connectivity index (χ1v) is 9.40. The Labute approximate surface area is 160 Å². The standard InChI is InChI=1S/C22H27FN2O2/c1-16-4-10-21(11-5-16)27-15-22(26)25-13-17(2)24(12-18(25)3)14-19-6-8-20(23)9-7-19/h4-11,17-18H,12-15H2,1-3H3/t17-,18+/m0/s1. The molecule has 2 aromatic carbocycles. The number of benzene rings is 2. The van der Waals surface area contributed by atoms with Gasteiger partial charge < -0.3 is 9.64 Å². The van der Waals surface area contributed by atoms with Crippen LogP contribution < -0.4 is 4.74 Å². The Bertz CT molecular complexity index is 761. The van der Waals surface area contributed by atoms with Crippen molar-refractivity contribution in [1.82, 2.24) is 9.80 Å². The minimum Gasteiger partial charge on any atom is -0.484 e. The van der Waals surface area contributed by atoms with E-state index in [1.807, 2.05) is 48.2 Å². The monoisotopic (exact) mass is 370 g/mol. The number of piperazine rings is 1. The van der Waals surface area contributed by atoms with Gasteiger partial charge in [-0.3, -0.25) is 9.69 Å². The van der Waals surface area contributed by atoms with Crippen LogP contribution in [0.5, 0.6) is 5.75 Å². The van der Waals surface area contributed by atoms with E-state index in [1.165, 1.54) is 12.1 Å². The number of rotatable bonds is 5. The van der Waals surface area contributed by atoms with Gasteiger partial charge in [0.25, 0.3) is 5.91 Å². The minimum absolute atomic E-state index is 0.0105. The van der Waals surface area contributed by atoms with Gasteiger partial charge >= 0.3 is 0 Å². The zero-order valence-electron chi connectivity index (χ0n) is 16.2. The summed E-state index contributed by atoms with van der Waals surface area (Å²) in [5, 5.41) is 0. The lowest BCUT2D eigenvalue weighted by Gasteiger charge is -2.44. The van der Waals surface area contributed by atoms with E-state index in [0.717, 1.165) is 24.2 Å². The molecule has 1 saturated heterocycles. The van der Waals surface area contributed by atoms with Crippen LogP contribution in [0, 0.1) is 12.7 Å². The summed E-state index contributed by atoms with van der Waals surface area (Å²) in [7, 11) is 0. The summed E-state index contributed by atoms with van der Waals surface area (Å²) in [6.45, 7) is 8.46. The summed E-state index contributed by atoms with van der Waals surface area (Å²) in [5.74, 6) is 0.505. The van der Waals surface area contributed by atoms with Crippen molar-refractivity contribution >= 4 is 5.91 Å². The normalized spacial score (nSPS) is 20.5. The summed E-state index contributed by atoms with van der Waals surface area (Å²) < 4.78 is 18.7. The first-order valence-electron chi connectivity index (χ1n) is 9.40. The molecule has 1 aliphatic heterocycles. The molecule has 144 valence electrons. The molecule has 0 aromatic heterocycles. The number of aryl methyl sites for hydroxylation is 1. The first kappa shape index (κ1) is 19.4. The van der Waals surface area contributed by atoms with Crippen molar-refractivity contribution in [2.75, 3.05) is 19.7 Å². The van der Waals surface area contributed by atoms with Crippen LogP contribution in [0.3, 0.4) is 0 Å². The maximum atomic E-state index is 13.1. The Balaban J connectivity index is 1.54. The smallest absolute Gasteiger partial charge is 0.260 e. The van der Waals surface area contributed by atoms with E-state index in [4.69, 9.17) is 4.74 Å². The van der Waals surface area contributed by atoms with E-state index in [1.54, 1.807) is 0 Å². The molecule has 1 heterocycles. The summed E-state index contributed by atoms with van der Waals surface area (Å²) in [5.41, 5.74) is 2.24. The van der Waals surface area contributed by atoms with Gasteiger partial charge in [0, 0.05) is 31.7 Å². The van der Waals surface area contributed by atoms with Crippen molar-refractivity contribution in [2.45, 2.75) is 39.4 Å².